The summed E-state index contributed by atoms with van der Waals surface area (Å²) in [5.41, 5.74) is 1.78. The van der Waals surface area contributed by atoms with Crippen molar-refractivity contribution in [2.75, 3.05) is 13.2 Å². The Morgan fingerprint density at radius 3 is 3.00 bits per heavy atom. The van der Waals surface area contributed by atoms with Gasteiger partial charge in [-0.05, 0) is 25.0 Å². The highest BCUT2D eigenvalue weighted by Crippen LogP contribution is 2.20. The number of hydrogen-bond donors (Lipinski definition) is 2. The zero-order chi connectivity index (χ0) is 14.4. The third kappa shape index (κ3) is 3.60. The van der Waals surface area contributed by atoms with E-state index >= 15 is 0 Å². The van der Waals surface area contributed by atoms with Gasteiger partial charge in [0.15, 0.2) is 0 Å². The van der Waals surface area contributed by atoms with Crippen molar-refractivity contribution < 1.29 is 14.6 Å². The fourth-order valence-electron chi connectivity index (χ4n) is 2.32. The van der Waals surface area contributed by atoms with Crippen LogP contribution in [0.2, 0.25) is 0 Å². The van der Waals surface area contributed by atoms with Gasteiger partial charge in [-0.25, -0.2) is 0 Å². The van der Waals surface area contributed by atoms with Crippen LogP contribution in [-0.4, -0.2) is 30.3 Å². The third-order valence-corrected chi connectivity index (χ3v) is 3.49. The van der Waals surface area contributed by atoms with E-state index in [1.54, 1.807) is 0 Å². The molecule has 0 spiro atoms. The molecule has 2 unspecified atom stereocenters. The first-order valence-corrected chi connectivity index (χ1v) is 6.79. The molecule has 0 radical (unpaired) electrons. The average molecular weight is 273 g/mol. The van der Waals surface area contributed by atoms with Crippen molar-refractivity contribution in [3.05, 3.63) is 35.4 Å². The molecule has 0 saturated carbocycles. The molecule has 1 aromatic carbocycles. The largest absolute Gasteiger partial charge is 0.384 e. The molecule has 1 aliphatic heterocycles. The van der Waals surface area contributed by atoms with Crippen molar-refractivity contribution in [2.45, 2.75) is 26.0 Å². The van der Waals surface area contributed by atoms with Gasteiger partial charge < -0.3 is 15.2 Å². The van der Waals surface area contributed by atoms with Gasteiger partial charge >= 0.3 is 0 Å². The van der Waals surface area contributed by atoms with Crippen LogP contribution in [0.5, 0.6) is 0 Å². The molecule has 1 saturated heterocycles. The molecule has 4 heteroatoms. The zero-order valence-electron chi connectivity index (χ0n) is 11.6. The summed E-state index contributed by atoms with van der Waals surface area (Å²) in [6, 6.07) is 7.61. The Labute approximate surface area is 119 Å². The van der Waals surface area contributed by atoms with Crippen LogP contribution in [0.15, 0.2) is 24.3 Å². The summed E-state index contributed by atoms with van der Waals surface area (Å²) < 4.78 is 5.40. The summed E-state index contributed by atoms with van der Waals surface area (Å²) in [6.45, 7) is 2.85. The highest BCUT2D eigenvalue weighted by atomic mass is 16.5. The van der Waals surface area contributed by atoms with E-state index < -0.39 is 0 Å². The van der Waals surface area contributed by atoms with Gasteiger partial charge in [0.2, 0.25) is 5.91 Å². The minimum absolute atomic E-state index is 0.0144. The van der Waals surface area contributed by atoms with Crippen LogP contribution in [0.3, 0.4) is 0 Å². The van der Waals surface area contributed by atoms with Gasteiger partial charge in [0, 0.05) is 18.7 Å². The number of hydrogen-bond acceptors (Lipinski definition) is 3. The number of aliphatic hydroxyl groups excluding tert-OH is 1. The summed E-state index contributed by atoms with van der Waals surface area (Å²) in [5, 5.41) is 11.7. The first-order valence-electron chi connectivity index (χ1n) is 6.79. The van der Waals surface area contributed by atoms with Crippen molar-refractivity contribution >= 4 is 5.91 Å². The molecular formula is C16H19NO3. The normalized spacial score (nSPS) is 21.1. The van der Waals surface area contributed by atoms with E-state index in [9.17, 15) is 4.79 Å². The first kappa shape index (κ1) is 14.6. The van der Waals surface area contributed by atoms with Crippen molar-refractivity contribution in [3.63, 3.8) is 0 Å². The van der Waals surface area contributed by atoms with Gasteiger partial charge in [0.25, 0.3) is 0 Å². The zero-order valence-corrected chi connectivity index (χ0v) is 11.6. The Balaban J connectivity index is 1.98. The summed E-state index contributed by atoms with van der Waals surface area (Å²) in [6.07, 6.45) is 0.762. The van der Waals surface area contributed by atoms with E-state index in [4.69, 9.17) is 9.84 Å². The molecular weight excluding hydrogens is 254 g/mol. The van der Waals surface area contributed by atoms with Crippen molar-refractivity contribution in [3.8, 4) is 11.8 Å². The fourth-order valence-corrected chi connectivity index (χ4v) is 2.32. The van der Waals surface area contributed by atoms with Crippen molar-refractivity contribution in [1.29, 1.82) is 0 Å². The quantitative estimate of drug-likeness (QED) is 0.810. The van der Waals surface area contributed by atoms with Crippen LogP contribution in [0.4, 0.5) is 0 Å². The Bertz CT molecular complexity index is 530. The van der Waals surface area contributed by atoms with Crippen LogP contribution in [-0.2, 0) is 16.1 Å². The molecule has 1 aromatic rings. The highest BCUT2D eigenvalue weighted by molar-refractivity contribution is 5.79. The molecule has 2 N–H and O–H groups in total. The number of ether oxygens (including phenoxy) is 1. The number of amides is 1. The van der Waals surface area contributed by atoms with Crippen LogP contribution in [0.25, 0.3) is 0 Å². The van der Waals surface area contributed by atoms with Crippen LogP contribution >= 0.6 is 0 Å². The van der Waals surface area contributed by atoms with Gasteiger partial charge in [-0.15, -0.1) is 0 Å². The SMILES string of the molecule is CC1OCCC1C(=O)NCc1ccccc1C#CCO. The molecule has 1 heterocycles. The second-order valence-electron chi connectivity index (χ2n) is 4.81. The predicted molar refractivity (Wildman–Crippen MR) is 75.8 cm³/mol. The summed E-state index contributed by atoms with van der Waals surface area (Å²) in [4.78, 5) is 12.1. The Morgan fingerprint density at radius 1 is 1.50 bits per heavy atom. The number of rotatable bonds is 3. The van der Waals surface area contributed by atoms with E-state index in [0.717, 1.165) is 17.5 Å². The highest BCUT2D eigenvalue weighted by Gasteiger charge is 2.30. The summed E-state index contributed by atoms with van der Waals surface area (Å²) in [5.74, 6) is 5.48. The second kappa shape index (κ2) is 7.09. The number of aliphatic hydroxyl groups is 1. The number of benzene rings is 1. The van der Waals surface area contributed by atoms with Gasteiger partial charge in [-0.1, -0.05) is 30.0 Å². The Hall–Kier alpha value is -1.83. The van der Waals surface area contributed by atoms with E-state index in [0.29, 0.717) is 13.2 Å². The molecule has 106 valence electrons. The van der Waals surface area contributed by atoms with Gasteiger partial charge in [0.1, 0.15) is 6.61 Å². The molecule has 0 aromatic heterocycles. The standard InChI is InChI=1S/C16H19NO3/c1-12-15(8-10-20-12)16(19)17-11-14-6-3-2-5-13(14)7-4-9-18/h2-3,5-6,12,15,18H,8-11H2,1H3,(H,17,19). The molecule has 0 bridgehead atoms. The minimum atomic E-state index is -0.169. The van der Waals surface area contributed by atoms with E-state index in [1.165, 1.54) is 0 Å². The summed E-state index contributed by atoms with van der Waals surface area (Å²) in [7, 11) is 0. The van der Waals surface area contributed by atoms with Crippen molar-refractivity contribution in [2.24, 2.45) is 5.92 Å². The molecule has 1 amide bonds. The fraction of sp³-hybridized carbons (Fsp3) is 0.438. The molecule has 2 atom stereocenters. The first-order chi connectivity index (χ1) is 9.72. The predicted octanol–water partition coefficient (Wildman–Crippen LogP) is 1.07. The van der Waals surface area contributed by atoms with E-state index in [-0.39, 0.29) is 24.5 Å². The number of carbonyl (C=O) groups excluding carboxylic acids is 1. The van der Waals surface area contributed by atoms with Gasteiger partial charge in [-0.2, -0.15) is 0 Å². The van der Waals surface area contributed by atoms with Crippen LogP contribution < -0.4 is 5.32 Å². The smallest absolute Gasteiger partial charge is 0.226 e. The van der Waals surface area contributed by atoms with E-state index in [1.807, 2.05) is 31.2 Å². The van der Waals surface area contributed by atoms with Crippen LogP contribution in [0.1, 0.15) is 24.5 Å². The average Bonchev–Trinajstić information content (AvgIpc) is 2.89. The van der Waals surface area contributed by atoms with Crippen molar-refractivity contribution in [1.82, 2.24) is 5.32 Å². The molecule has 1 fully saturated rings. The maximum atomic E-state index is 12.1. The number of carbonyl (C=O) groups is 1. The molecule has 0 aliphatic carbocycles. The lowest BCUT2D eigenvalue weighted by molar-refractivity contribution is -0.126. The third-order valence-electron chi connectivity index (χ3n) is 3.49. The van der Waals surface area contributed by atoms with E-state index in [2.05, 4.69) is 17.2 Å². The van der Waals surface area contributed by atoms with Gasteiger partial charge in [-0.3, -0.25) is 4.79 Å². The lowest BCUT2D eigenvalue weighted by atomic mass is 10.0. The lowest BCUT2D eigenvalue weighted by Crippen LogP contribution is -2.33. The Morgan fingerprint density at radius 2 is 2.30 bits per heavy atom. The topological polar surface area (TPSA) is 58.6 Å². The van der Waals surface area contributed by atoms with Crippen LogP contribution in [0, 0.1) is 17.8 Å². The number of nitrogens with one attached hydrogen (secondary N) is 1. The molecule has 2 rings (SSSR count). The maximum Gasteiger partial charge on any atom is 0.226 e. The monoisotopic (exact) mass is 273 g/mol. The van der Waals surface area contributed by atoms with Gasteiger partial charge in [0.05, 0.1) is 12.0 Å². The lowest BCUT2D eigenvalue weighted by Gasteiger charge is -2.14. The minimum Gasteiger partial charge on any atom is -0.384 e. The second-order valence-corrected chi connectivity index (χ2v) is 4.81. The Kier molecular flexibility index (Phi) is 5.16. The molecule has 20 heavy (non-hydrogen) atoms. The molecule has 1 aliphatic rings. The summed E-state index contributed by atoms with van der Waals surface area (Å²) >= 11 is 0. The molecule has 4 nitrogen and oxygen atoms in total. The maximum absolute atomic E-state index is 12.1.